The summed E-state index contributed by atoms with van der Waals surface area (Å²) in [5.74, 6) is 0.178. The average Bonchev–Trinajstić information content (AvgIpc) is 2.76. The number of carbonyl (C=O) groups excluding carboxylic acids is 1. The Morgan fingerprint density at radius 3 is 2.41 bits per heavy atom. The first-order valence-electron chi connectivity index (χ1n) is 10.0. The Hall–Kier alpha value is -2.87. The van der Waals surface area contributed by atoms with Gasteiger partial charge in [0.2, 0.25) is 5.91 Å². The monoisotopic (exact) mass is 399 g/mol. The Bertz CT molecular complexity index is 943. The zero-order valence-corrected chi connectivity index (χ0v) is 17.1. The van der Waals surface area contributed by atoms with Gasteiger partial charge in [-0.25, -0.2) is 4.79 Å². The number of rotatable bonds is 7. The molecule has 0 bridgehead atoms. The van der Waals surface area contributed by atoms with Crippen LogP contribution in [-0.2, 0) is 25.4 Å². The van der Waals surface area contributed by atoms with E-state index in [1.165, 1.54) is 17.3 Å². The molecule has 1 amide bonds. The molecular formula is C21H29N5O3. The van der Waals surface area contributed by atoms with E-state index in [0.717, 1.165) is 30.7 Å². The van der Waals surface area contributed by atoms with Gasteiger partial charge in [0, 0.05) is 70.7 Å². The van der Waals surface area contributed by atoms with Gasteiger partial charge in [-0.05, 0) is 25.1 Å². The minimum Gasteiger partial charge on any atom is -0.368 e. The van der Waals surface area contributed by atoms with Gasteiger partial charge in [0.1, 0.15) is 0 Å². The van der Waals surface area contributed by atoms with E-state index in [4.69, 9.17) is 0 Å². The van der Waals surface area contributed by atoms with Gasteiger partial charge in [0.15, 0.2) is 0 Å². The summed E-state index contributed by atoms with van der Waals surface area (Å²) in [7, 11) is 3.10. The number of carbonyl (C=O) groups is 1. The van der Waals surface area contributed by atoms with Crippen LogP contribution < -0.4 is 21.5 Å². The summed E-state index contributed by atoms with van der Waals surface area (Å²) in [6, 6.07) is 10.3. The molecule has 0 saturated carbocycles. The highest BCUT2D eigenvalue weighted by Crippen LogP contribution is 2.16. The second kappa shape index (κ2) is 9.56. The quantitative estimate of drug-likeness (QED) is 0.678. The lowest BCUT2D eigenvalue weighted by molar-refractivity contribution is -0.131. The van der Waals surface area contributed by atoms with Crippen molar-refractivity contribution in [2.24, 2.45) is 14.1 Å². The van der Waals surface area contributed by atoms with Crippen molar-refractivity contribution in [3.8, 4) is 0 Å². The van der Waals surface area contributed by atoms with Crippen LogP contribution in [0.5, 0.6) is 0 Å². The minimum atomic E-state index is -0.336. The number of aromatic nitrogens is 2. The van der Waals surface area contributed by atoms with Crippen molar-refractivity contribution in [3.05, 3.63) is 62.9 Å². The molecule has 1 aromatic heterocycles. The van der Waals surface area contributed by atoms with Crippen molar-refractivity contribution >= 4 is 11.6 Å². The Kier molecular flexibility index (Phi) is 6.87. The molecule has 1 aromatic carbocycles. The molecule has 0 spiro atoms. The van der Waals surface area contributed by atoms with Crippen molar-refractivity contribution < 1.29 is 4.79 Å². The first-order valence-corrected chi connectivity index (χ1v) is 10.0. The number of amides is 1. The first kappa shape index (κ1) is 20.9. The lowest BCUT2D eigenvalue weighted by Crippen LogP contribution is -2.48. The van der Waals surface area contributed by atoms with E-state index in [0.29, 0.717) is 31.5 Å². The molecule has 2 aromatic rings. The van der Waals surface area contributed by atoms with Crippen molar-refractivity contribution in [1.82, 2.24) is 19.4 Å². The third kappa shape index (κ3) is 5.14. The van der Waals surface area contributed by atoms with Crippen LogP contribution in [0, 0.1) is 0 Å². The van der Waals surface area contributed by atoms with E-state index in [2.05, 4.69) is 22.3 Å². The Balaban J connectivity index is 1.38. The lowest BCUT2D eigenvalue weighted by Gasteiger charge is -2.36. The van der Waals surface area contributed by atoms with Crippen molar-refractivity contribution in [1.29, 1.82) is 0 Å². The molecule has 1 N–H and O–H groups in total. The highest BCUT2D eigenvalue weighted by molar-refractivity contribution is 5.76. The van der Waals surface area contributed by atoms with Crippen LogP contribution in [0.3, 0.4) is 0 Å². The number of nitrogens with zero attached hydrogens (tertiary/aromatic N) is 4. The second-order valence-electron chi connectivity index (χ2n) is 7.40. The number of piperazine rings is 1. The number of anilines is 1. The first-order chi connectivity index (χ1) is 14.0. The van der Waals surface area contributed by atoms with E-state index >= 15 is 0 Å². The third-order valence-corrected chi connectivity index (χ3v) is 5.33. The van der Waals surface area contributed by atoms with Gasteiger partial charge in [-0.3, -0.25) is 14.2 Å². The highest BCUT2D eigenvalue weighted by Gasteiger charge is 2.20. The normalized spacial score (nSPS) is 14.3. The standard InChI is InChI=1S/C21H29N5O3/c1-23-16-17(20(28)24(2)21(23)29)15-22-10-6-9-19(27)26-13-11-25(12-14-26)18-7-4-3-5-8-18/h3-5,7-8,16,22H,6,9-15H2,1-2H3. The molecule has 1 saturated heterocycles. The van der Waals surface area contributed by atoms with E-state index in [-0.39, 0.29) is 17.2 Å². The lowest BCUT2D eigenvalue weighted by atomic mass is 10.2. The predicted octanol–water partition coefficient (Wildman–Crippen LogP) is 0.303. The Labute approximate surface area is 170 Å². The SMILES string of the molecule is Cn1cc(CNCCCC(=O)N2CCN(c3ccccc3)CC2)c(=O)n(C)c1=O. The summed E-state index contributed by atoms with van der Waals surface area (Å²) in [4.78, 5) is 40.5. The van der Waals surface area contributed by atoms with Gasteiger partial charge in [-0.1, -0.05) is 18.2 Å². The molecule has 1 aliphatic heterocycles. The molecule has 156 valence electrons. The molecule has 1 aliphatic rings. The maximum atomic E-state index is 12.4. The summed E-state index contributed by atoms with van der Waals surface area (Å²) in [5.41, 5.74) is 1.12. The van der Waals surface area contributed by atoms with Crippen LogP contribution in [-0.4, -0.2) is 52.7 Å². The van der Waals surface area contributed by atoms with Crippen LogP contribution in [0.1, 0.15) is 18.4 Å². The number of hydrogen-bond acceptors (Lipinski definition) is 5. The smallest absolute Gasteiger partial charge is 0.330 e. The maximum Gasteiger partial charge on any atom is 0.330 e. The largest absolute Gasteiger partial charge is 0.368 e. The molecule has 2 heterocycles. The number of hydrogen-bond donors (Lipinski definition) is 1. The number of nitrogens with one attached hydrogen (secondary N) is 1. The van der Waals surface area contributed by atoms with Gasteiger partial charge in [-0.2, -0.15) is 0 Å². The van der Waals surface area contributed by atoms with Crippen molar-refractivity contribution in [2.45, 2.75) is 19.4 Å². The van der Waals surface area contributed by atoms with Gasteiger partial charge in [0.25, 0.3) is 5.56 Å². The molecule has 29 heavy (non-hydrogen) atoms. The summed E-state index contributed by atoms with van der Waals surface area (Å²) in [6.45, 7) is 4.21. The number of para-hydroxylation sites is 1. The second-order valence-corrected chi connectivity index (χ2v) is 7.40. The van der Waals surface area contributed by atoms with Gasteiger partial charge in [-0.15, -0.1) is 0 Å². The summed E-state index contributed by atoms with van der Waals surface area (Å²) in [6.07, 6.45) is 2.77. The predicted molar refractivity (Wildman–Crippen MR) is 113 cm³/mol. The zero-order chi connectivity index (χ0) is 20.8. The van der Waals surface area contributed by atoms with Crippen LogP contribution in [0.25, 0.3) is 0 Å². The molecule has 8 nitrogen and oxygen atoms in total. The van der Waals surface area contributed by atoms with Crippen LogP contribution >= 0.6 is 0 Å². The summed E-state index contributed by atoms with van der Waals surface area (Å²) in [5, 5.41) is 3.20. The van der Waals surface area contributed by atoms with Crippen LogP contribution in [0.2, 0.25) is 0 Å². The maximum absolute atomic E-state index is 12.4. The fourth-order valence-corrected chi connectivity index (χ4v) is 3.60. The fraction of sp³-hybridized carbons (Fsp3) is 0.476. The highest BCUT2D eigenvalue weighted by atomic mass is 16.2. The van der Waals surface area contributed by atoms with Gasteiger partial charge in [0.05, 0.1) is 0 Å². The molecule has 3 rings (SSSR count). The Morgan fingerprint density at radius 1 is 1.03 bits per heavy atom. The van der Waals surface area contributed by atoms with Crippen LogP contribution in [0.15, 0.2) is 46.1 Å². The fourth-order valence-electron chi connectivity index (χ4n) is 3.60. The molecule has 8 heteroatoms. The molecule has 0 unspecified atom stereocenters. The number of aryl methyl sites for hydroxylation is 1. The Morgan fingerprint density at radius 2 is 1.72 bits per heavy atom. The molecule has 0 aliphatic carbocycles. The zero-order valence-electron chi connectivity index (χ0n) is 17.1. The average molecular weight is 399 g/mol. The van der Waals surface area contributed by atoms with Gasteiger partial charge >= 0.3 is 5.69 Å². The minimum absolute atomic E-state index is 0.178. The summed E-state index contributed by atoms with van der Waals surface area (Å²) >= 11 is 0. The van der Waals surface area contributed by atoms with Crippen LogP contribution in [0.4, 0.5) is 5.69 Å². The topological polar surface area (TPSA) is 79.6 Å². The van der Waals surface area contributed by atoms with Crippen molar-refractivity contribution in [3.63, 3.8) is 0 Å². The number of benzene rings is 1. The molecule has 0 radical (unpaired) electrons. The summed E-state index contributed by atoms with van der Waals surface area (Å²) < 4.78 is 2.51. The van der Waals surface area contributed by atoms with E-state index in [1.54, 1.807) is 13.2 Å². The molecule has 0 atom stereocenters. The van der Waals surface area contributed by atoms with Gasteiger partial charge < -0.3 is 19.7 Å². The van der Waals surface area contributed by atoms with E-state index < -0.39 is 0 Å². The van der Waals surface area contributed by atoms with Crippen molar-refractivity contribution in [2.75, 3.05) is 37.6 Å². The van der Waals surface area contributed by atoms with E-state index in [9.17, 15) is 14.4 Å². The molecular weight excluding hydrogens is 370 g/mol. The van der Waals surface area contributed by atoms with E-state index in [1.807, 2.05) is 23.1 Å². The molecule has 1 fully saturated rings. The third-order valence-electron chi connectivity index (χ3n) is 5.33.